The zero-order valence-electron chi connectivity index (χ0n) is 10.4. The van der Waals surface area contributed by atoms with Gasteiger partial charge >= 0.3 is 0 Å². The summed E-state index contributed by atoms with van der Waals surface area (Å²) in [5.74, 6) is 0.792. The van der Waals surface area contributed by atoms with Crippen LogP contribution in [0.5, 0.6) is 5.75 Å². The monoisotopic (exact) mass is 395 g/mol. The van der Waals surface area contributed by atoms with Gasteiger partial charge in [0.1, 0.15) is 12.4 Å². The maximum atomic E-state index is 6.24. The Hall–Kier alpha value is -0.190. The third-order valence-electron chi connectivity index (χ3n) is 2.40. The highest BCUT2D eigenvalue weighted by Gasteiger charge is 2.08. The second kappa shape index (κ2) is 8.08. The molecular weight excluding hydrogens is 381 g/mol. The van der Waals surface area contributed by atoms with Crippen molar-refractivity contribution in [3.8, 4) is 5.75 Å². The van der Waals surface area contributed by atoms with Gasteiger partial charge in [-0.1, -0.05) is 24.9 Å². The van der Waals surface area contributed by atoms with Crippen molar-refractivity contribution in [3.63, 3.8) is 0 Å². The highest BCUT2D eigenvalue weighted by atomic mass is 79.9. The van der Waals surface area contributed by atoms with Crippen LogP contribution in [0.15, 0.2) is 21.6 Å². The quantitative estimate of drug-likeness (QED) is 0.699. The Balaban J connectivity index is 2.90. The van der Waals surface area contributed by atoms with Crippen molar-refractivity contribution in [2.24, 2.45) is 0 Å². The predicted molar refractivity (Wildman–Crippen MR) is 86.4 cm³/mol. The molecule has 5 heteroatoms. The highest BCUT2D eigenvalue weighted by molar-refractivity contribution is 9.28. The van der Waals surface area contributed by atoms with Crippen LogP contribution in [-0.4, -0.2) is 13.7 Å². The van der Waals surface area contributed by atoms with E-state index in [-0.39, 0.29) is 0 Å². The molecule has 0 spiro atoms. The van der Waals surface area contributed by atoms with Gasteiger partial charge in [0.05, 0.1) is 14.1 Å². The maximum absolute atomic E-state index is 6.24. The molecule has 0 atom stereocenters. The fourth-order valence-electron chi connectivity index (χ4n) is 1.67. The van der Waals surface area contributed by atoms with Crippen molar-refractivity contribution in [3.05, 3.63) is 32.2 Å². The van der Waals surface area contributed by atoms with Crippen molar-refractivity contribution in [1.82, 2.24) is 0 Å². The van der Waals surface area contributed by atoms with Gasteiger partial charge in [0.15, 0.2) is 0 Å². The summed E-state index contributed by atoms with van der Waals surface area (Å²) in [6, 6.07) is 3.87. The Labute approximate surface area is 130 Å². The number of rotatable bonds is 6. The average Bonchev–Trinajstić information content (AvgIpc) is 2.28. The molecule has 0 saturated heterocycles. The van der Waals surface area contributed by atoms with Crippen LogP contribution < -0.4 is 10.1 Å². The topological polar surface area (TPSA) is 21.3 Å². The summed E-state index contributed by atoms with van der Waals surface area (Å²) in [5, 5.41) is 3.83. The molecule has 1 aromatic carbocycles. The first-order valence-electron chi connectivity index (χ1n) is 5.72. The maximum Gasteiger partial charge on any atom is 0.121 e. The Morgan fingerprint density at radius 1 is 1.44 bits per heavy atom. The second-order valence-electron chi connectivity index (χ2n) is 3.74. The SMILES string of the molecule is CCCc1cc(OCC=C(Br)Br)cc(Cl)c1NC. The predicted octanol–water partition coefficient (Wildman–Crippen LogP) is 5.34. The van der Waals surface area contributed by atoms with Gasteiger partial charge in [0.25, 0.3) is 0 Å². The summed E-state index contributed by atoms with van der Waals surface area (Å²) >= 11 is 12.8. The van der Waals surface area contributed by atoms with E-state index in [4.69, 9.17) is 16.3 Å². The van der Waals surface area contributed by atoms with E-state index in [0.717, 1.165) is 27.7 Å². The van der Waals surface area contributed by atoms with Crippen LogP contribution in [0.2, 0.25) is 5.02 Å². The molecule has 0 amide bonds. The van der Waals surface area contributed by atoms with Crippen LogP contribution >= 0.6 is 43.5 Å². The van der Waals surface area contributed by atoms with E-state index in [9.17, 15) is 0 Å². The lowest BCUT2D eigenvalue weighted by atomic mass is 10.1. The Morgan fingerprint density at radius 3 is 2.72 bits per heavy atom. The number of anilines is 1. The summed E-state index contributed by atoms with van der Waals surface area (Å²) in [7, 11) is 1.88. The minimum atomic E-state index is 0.493. The van der Waals surface area contributed by atoms with E-state index in [2.05, 4.69) is 44.1 Å². The molecule has 0 bridgehead atoms. The molecular formula is C13H16Br2ClNO. The lowest BCUT2D eigenvalue weighted by Crippen LogP contribution is -2.00. The number of aryl methyl sites for hydroxylation is 1. The molecule has 0 aliphatic carbocycles. The van der Waals surface area contributed by atoms with Crippen molar-refractivity contribution in [2.75, 3.05) is 19.0 Å². The fraction of sp³-hybridized carbons (Fsp3) is 0.385. The van der Waals surface area contributed by atoms with Crippen LogP contribution in [0.1, 0.15) is 18.9 Å². The van der Waals surface area contributed by atoms with Gasteiger partial charge in [0.2, 0.25) is 0 Å². The Bertz CT molecular complexity index is 431. The van der Waals surface area contributed by atoms with Gasteiger partial charge < -0.3 is 10.1 Å². The molecule has 0 aliphatic heterocycles. The molecule has 0 unspecified atom stereocenters. The number of hydrogen-bond donors (Lipinski definition) is 1. The lowest BCUT2D eigenvalue weighted by Gasteiger charge is -2.13. The summed E-state index contributed by atoms with van der Waals surface area (Å²) in [4.78, 5) is 0. The standard InChI is InChI=1S/C13H16Br2ClNO/c1-3-4-9-7-10(18-6-5-12(14)15)8-11(16)13(9)17-2/h5,7-8,17H,3-4,6H2,1-2H3. The van der Waals surface area contributed by atoms with Gasteiger partial charge in [-0.2, -0.15) is 0 Å². The van der Waals surface area contributed by atoms with Crippen molar-refractivity contribution < 1.29 is 4.74 Å². The highest BCUT2D eigenvalue weighted by Crippen LogP contribution is 2.32. The molecule has 0 aliphatic rings. The number of nitrogens with one attached hydrogen (secondary N) is 1. The van der Waals surface area contributed by atoms with Gasteiger partial charge in [-0.15, -0.1) is 0 Å². The largest absolute Gasteiger partial charge is 0.489 e. The smallest absolute Gasteiger partial charge is 0.121 e. The van der Waals surface area contributed by atoms with E-state index < -0.39 is 0 Å². The van der Waals surface area contributed by atoms with Crippen LogP contribution in [0.3, 0.4) is 0 Å². The molecule has 0 heterocycles. The van der Waals surface area contributed by atoms with Crippen LogP contribution in [0, 0.1) is 0 Å². The molecule has 100 valence electrons. The minimum Gasteiger partial charge on any atom is -0.489 e. The first-order valence-corrected chi connectivity index (χ1v) is 7.69. The average molecular weight is 398 g/mol. The van der Waals surface area contributed by atoms with Crippen molar-refractivity contribution >= 4 is 49.1 Å². The molecule has 1 rings (SSSR count). The van der Waals surface area contributed by atoms with Crippen LogP contribution in [-0.2, 0) is 6.42 Å². The second-order valence-corrected chi connectivity index (χ2v) is 6.92. The molecule has 1 N–H and O–H groups in total. The molecule has 2 nitrogen and oxygen atoms in total. The number of halogens is 3. The zero-order valence-corrected chi connectivity index (χ0v) is 14.3. The van der Waals surface area contributed by atoms with Crippen LogP contribution in [0.4, 0.5) is 5.69 Å². The lowest BCUT2D eigenvalue weighted by molar-refractivity contribution is 0.362. The van der Waals surface area contributed by atoms with E-state index in [1.165, 1.54) is 5.56 Å². The van der Waals surface area contributed by atoms with Crippen molar-refractivity contribution in [2.45, 2.75) is 19.8 Å². The molecule has 0 fully saturated rings. The van der Waals surface area contributed by atoms with Gasteiger partial charge in [-0.05, 0) is 56.0 Å². The Morgan fingerprint density at radius 2 is 2.17 bits per heavy atom. The summed E-state index contributed by atoms with van der Waals surface area (Å²) < 4.78 is 6.51. The van der Waals surface area contributed by atoms with Gasteiger partial charge in [-0.3, -0.25) is 0 Å². The molecule has 0 saturated carbocycles. The zero-order chi connectivity index (χ0) is 13.5. The first-order chi connectivity index (χ1) is 8.58. The summed E-state index contributed by atoms with van der Waals surface area (Å²) in [6.45, 7) is 2.64. The first kappa shape index (κ1) is 15.9. The number of hydrogen-bond acceptors (Lipinski definition) is 2. The summed E-state index contributed by atoms with van der Waals surface area (Å²) in [5.41, 5.74) is 2.17. The number of benzene rings is 1. The number of ether oxygens (including phenoxy) is 1. The molecule has 18 heavy (non-hydrogen) atoms. The fourth-order valence-corrected chi connectivity index (χ4v) is 2.25. The molecule has 0 radical (unpaired) electrons. The molecule has 1 aromatic rings. The Kier molecular flexibility index (Phi) is 7.12. The summed E-state index contributed by atoms with van der Waals surface area (Å²) in [6.07, 6.45) is 3.94. The van der Waals surface area contributed by atoms with E-state index >= 15 is 0 Å². The van der Waals surface area contributed by atoms with Gasteiger partial charge in [-0.25, -0.2) is 0 Å². The molecule has 0 aromatic heterocycles. The normalized spacial score (nSPS) is 10.1. The van der Waals surface area contributed by atoms with E-state index in [1.54, 1.807) is 0 Å². The van der Waals surface area contributed by atoms with Gasteiger partial charge in [0, 0.05) is 13.1 Å². The van der Waals surface area contributed by atoms with E-state index in [0.29, 0.717) is 11.6 Å². The minimum absolute atomic E-state index is 0.493. The van der Waals surface area contributed by atoms with Crippen LogP contribution in [0.25, 0.3) is 0 Å². The van der Waals surface area contributed by atoms with E-state index in [1.807, 2.05) is 25.3 Å². The third kappa shape index (κ3) is 4.82. The van der Waals surface area contributed by atoms with Crippen molar-refractivity contribution in [1.29, 1.82) is 0 Å². The third-order valence-corrected chi connectivity index (χ3v) is 3.35.